The number of aromatic nitrogens is 2. The number of imidazole rings is 1. The third-order valence-electron chi connectivity index (χ3n) is 3.00. The molecule has 0 amide bonds. The first-order valence-electron chi connectivity index (χ1n) is 6.22. The Labute approximate surface area is 117 Å². The SMILES string of the molecule is Cc1cc(Br)c2nc(C(C)(C)C)c(CCN)n2c1. The Kier molecular flexibility index (Phi) is 3.52. The topological polar surface area (TPSA) is 43.3 Å². The Hall–Kier alpha value is -0.870. The van der Waals surface area contributed by atoms with Gasteiger partial charge in [-0.1, -0.05) is 20.8 Å². The van der Waals surface area contributed by atoms with Crippen LogP contribution < -0.4 is 5.73 Å². The van der Waals surface area contributed by atoms with Crippen molar-refractivity contribution < 1.29 is 0 Å². The molecule has 0 unspecified atom stereocenters. The molecule has 2 N–H and O–H groups in total. The van der Waals surface area contributed by atoms with E-state index in [1.165, 1.54) is 11.3 Å². The molecule has 0 aliphatic heterocycles. The van der Waals surface area contributed by atoms with Gasteiger partial charge in [-0.3, -0.25) is 0 Å². The maximum Gasteiger partial charge on any atom is 0.151 e. The monoisotopic (exact) mass is 309 g/mol. The summed E-state index contributed by atoms with van der Waals surface area (Å²) < 4.78 is 3.21. The maximum atomic E-state index is 5.75. The van der Waals surface area contributed by atoms with Crippen LogP contribution in [0.1, 0.15) is 37.7 Å². The summed E-state index contributed by atoms with van der Waals surface area (Å²) in [5, 5.41) is 0. The molecule has 0 bridgehead atoms. The van der Waals surface area contributed by atoms with Crippen LogP contribution in [0, 0.1) is 6.92 Å². The molecule has 0 saturated carbocycles. The third-order valence-corrected chi connectivity index (χ3v) is 3.59. The lowest BCUT2D eigenvalue weighted by atomic mass is 9.90. The standard InChI is InChI=1S/C14H20BrN3/c1-9-7-10(15)13-17-12(14(2,3)4)11(5-6-16)18(13)8-9/h7-8H,5-6,16H2,1-4H3. The van der Waals surface area contributed by atoms with Crippen LogP contribution in [0.2, 0.25) is 0 Å². The first-order valence-corrected chi connectivity index (χ1v) is 7.01. The molecule has 2 heterocycles. The van der Waals surface area contributed by atoms with Crippen LogP contribution in [0.25, 0.3) is 5.65 Å². The minimum atomic E-state index is 0.0316. The van der Waals surface area contributed by atoms with E-state index in [2.05, 4.69) is 60.3 Å². The van der Waals surface area contributed by atoms with Crippen molar-refractivity contribution in [1.29, 1.82) is 0 Å². The first-order chi connectivity index (χ1) is 8.34. The van der Waals surface area contributed by atoms with Gasteiger partial charge in [0.05, 0.1) is 10.2 Å². The van der Waals surface area contributed by atoms with Crippen LogP contribution in [-0.4, -0.2) is 15.9 Å². The van der Waals surface area contributed by atoms with E-state index in [0.29, 0.717) is 6.54 Å². The normalized spacial score (nSPS) is 12.3. The fraction of sp³-hybridized carbons (Fsp3) is 0.500. The predicted octanol–water partition coefficient (Wildman–Crippen LogP) is 3.20. The second-order valence-electron chi connectivity index (χ2n) is 5.75. The van der Waals surface area contributed by atoms with Crippen LogP contribution in [0.3, 0.4) is 0 Å². The van der Waals surface area contributed by atoms with E-state index in [4.69, 9.17) is 10.7 Å². The smallest absolute Gasteiger partial charge is 0.151 e. The quantitative estimate of drug-likeness (QED) is 0.925. The first kappa shape index (κ1) is 13.6. The number of nitrogens with two attached hydrogens (primary N) is 1. The Bertz CT molecular complexity index is 579. The van der Waals surface area contributed by atoms with Crippen molar-refractivity contribution in [3.05, 3.63) is 33.7 Å². The van der Waals surface area contributed by atoms with Crippen molar-refractivity contribution in [3.8, 4) is 0 Å². The molecule has 0 saturated heterocycles. The van der Waals surface area contributed by atoms with Gasteiger partial charge in [-0.15, -0.1) is 0 Å². The molecular weight excluding hydrogens is 290 g/mol. The second kappa shape index (κ2) is 4.67. The Balaban J connectivity index is 2.79. The van der Waals surface area contributed by atoms with Gasteiger partial charge < -0.3 is 10.1 Å². The molecule has 18 heavy (non-hydrogen) atoms. The summed E-state index contributed by atoms with van der Waals surface area (Å²) in [6, 6.07) is 2.10. The van der Waals surface area contributed by atoms with E-state index < -0.39 is 0 Å². The van der Waals surface area contributed by atoms with Crippen LogP contribution in [-0.2, 0) is 11.8 Å². The van der Waals surface area contributed by atoms with E-state index in [1.807, 2.05) is 0 Å². The number of fused-ring (bicyclic) bond motifs is 1. The van der Waals surface area contributed by atoms with Gasteiger partial charge in [0, 0.05) is 23.7 Å². The second-order valence-corrected chi connectivity index (χ2v) is 6.61. The molecule has 98 valence electrons. The van der Waals surface area contributed by atoms with Crippen molar-refractivity contribution in [3.63, 3.8) is 0 Å². The summed E-state index contributed by atoms with van der Waals surface area (Å²) >= 11 is 3.60. The number of nitrogens with zero attached hydrogens (tertiary/aromatic N) is 2. The number of halogens is 1. The van der Waals surface area contributed by atoms with Crippen molar-refractivity contribution in [1.82, 2.24) is 9.38 Å². The highest BCUT2D eigenvalue weighted by atomic mass is 79.9. The zero-order valence-corrected chi connectivity index (χ0v) is 13.0. The maximum absolute atomic E-state index is 5.75. The van der Waals surface area contributed by atoms with Crippen LogP contribution in [0.15, 0.2) is 16.7 Å². The summed E-state index contributed by atoms with van der Waals surface area (Å²) in [5.74, 6) is 0. The van der Waals surface area contributed by atoms with Gasteiger partial charge in [0.1, 0.15) is 0 Å². The summed E-state index contributed by atoms with van der Waals surface area (Å²) in [7, 11) is 0. The zero-order valence-electron chi connectivity index (χ0n) is 11.4. The molecule has 3 nitrogen and oxygen atoms in total. The van der Waals surface area contributed by atoms with Crippen molar-refractivity contribution in [2.45, 2.75) is 39.5 Å². The van der Waals surface area contributed by atoms with E-state index in [9.17, 15) is 0 Å². The van der Waals surface area contributed by atoms with Gasteiger partial charge >= 0.3 is 0 Å². The third kappa shape index (κ3) is 2.31. The molecule has 2 aromatic heterocycles. The summed E-state index contributed by atoms with van der Waals surface area (Å²) in [4.78, 5) is 4.80. The van der Waals surface area contributed by atoms with Crippen LogP contribution >= 0.6 is 15.9 Å². The van der Waals surface area contributed by atoms with Crippen molar-refractivity contribution >= 4 is 21.6 Å². The predicted molar refractivity (Wildman–Crippen MR) is 79.1 cm³/mol. The summed E-state index contributed by atoms with van der Waals surface area (Å²) in [6.45, 7) is 9.30. The van der Waals surface area contributed by atoms with Crippen molar-refractivity contribution in [2.24, 2.45) is 5.73 Å². The Morgan fingerprint density at radius 1 is 1.39 bits per heavy atom. The number of hydrogen-bond donors (Lipinski definition) is 1. The van der Waals surface area contributed by atoms with Gasteiger partial charge in [0.25, 0.3) is 0 Å². The van der Waals surface area contributed by atoms with Gasteiger partial charge in [0.2, 0.25) is 0 Å². The summed E-state index contributed by atoms with van der Waals surface area (Å²) in [6.07, 6.45) is 2.98. The molecule has 0 aromatic carbocycles. The molecule has 2 rings (SSSR count). The number of rotatable bonds is 2. The highest BCUT2D eigenvalue weighted by molar-refractivity contribution is 9.10. The van der Waals surface area contributed by atoms with E-state index >= 15 is 0 Å². The number of pyridine rings is 1. The molecular formula is C14H20BrN3. The summed E-state index contributed by atoms with van der Waals surface area (Å²) in [5.41, 5.74) is 10.3. The van der Waals surface area contributed by atoms with Crippen LogP contribution in [0.5, 0.6) is 0 Å². The van der Waals surface area contributed by atoms with Gasteiger partial charge in [0.15, 0.2) is 5.65 Å². The molecule has 0 fully saturated rings. The minimum absolute atomic E-state index is 0.0316. The fourth-order valence-electron chi connectivity index (χ4n) is 2.26. The minimum Gasteiger partial charge on any atom is -0.330 e. The van der Waals surface area contributed by atoms with Crippen LogP contribution in [0.4, 0.5) is 0 Å². The highest BCUT2D eigenvalue weighted by Crippen LogP contribution is 2.29. The van der Waals surface area contributed by atoms with Gasteiger partial charge in [-0.05, 0) is 41.0 Å². The molecule has 0 radical (unpaired) electrons. The highest BCUT2D eigenvalue weighted by Gasteiger charge is 2.24. The average molecular weight is 310 g/mol. The average Bonchev–Trinajstić information content (AvgIpc) is 2.58. The van der Waals surface area contributed by atoms with E-state index in [0.717, 1.165) is 22.2 Å². The molecule has 0 aliphatic rings. The number of hydrogen-bond acceptors (Lipinski definition) is 2. The molecule has 4 heteroatoms. The molecule has 2 aromatic rings. The largest absolute Gasteiger partial charge is 0.330 e. The van der Waals surface area contributed by atoms with E-state index in [-0.39, 0.29) is 5.41 Å². The number of aryl methyl sites for hydroxylation is 1. The molecule has 0 atom stereocenters. The lowest BCUT2D eigenvalue weighted by molar-refractivity contribution is 0.563. The lowest BCUT2D eigenvalue weighted by Crippen LogP contribution is -2.17. The van der Waals surface area contributed by atoms with E-state index in [1.54, 1.807) is 0 Å². The van der Waals surface area contributed by atoms with Crippen molar-refractivity contribution in [2.75, 3.05) is 6.54 Å². The van der Waals surface area contributed by atoms with Gasteiger partial charge in [-0.2, -0.15) is 0 Å². The molecule has 0 spiro atoms. The lowest BCUT2D eigenvalue weighted by Gasteiger charge is -2.17. The Morgan fingerprint density at radius 3 is 2.61 bits per heavy atom. The van der Waals surface area contributed by atoms with Gasteiger partial charge in [-0.25, -0.2) is 4.98 Å². The fourth-order valence-corrected chi connectivity index (χ4v) is 2.90. The molecule has 0 aliphatic carbocycles. The Morgan fingerprint density at radius 2 is 2.06 bits per heavy atom. The zero-order chi connectivity index (χ0) is 13.5.